The second-order valence-corrected chi connectivity index (χ2v) is 6.61. The number of rotatable bonds is 8. The van der Waals surface area contributed by atoms with Crippen molar-refractivity contribution in [2.45, 2.75) is 20.3 Å². The van der Waals surface area contributed by atoms with Crippen molar-refractivity contribution in [1.82, 2.24) is 9.80 Å². The van der Waals surface area contributed by atoms with Crippen LogP contribution in [0.3, 0.4) is 0 Å². The molecule has 0 fully saturated rings. The van der Waals surface area contributed by atoms with Gasteiger partial charge in [-0.15, -0.1) is 0 Å². The lowest BCUT2D eigenvalue weighted by Gasteiger charge is -2.20. The molecule has 3 rings (SSSR count). The van der Waals surface area contributed by atoms with E-state index in [1.807, 2.05) is 6.07 Å². The van der Waals surface area contributed by atoms with Gasteiger partial charge in [0.2, 0.25) is 0 Å². The van der Waals surface area contributed by atoms with E-state index in [4.69, 9.17) is 4.74 Å². The summed E-state index contributed by atoms with van der Waals surface area (Å²) >= 11 is 0. The summed E-state index contributed by atoms with van der Waals surface area (Å²) in [5.41, 5.74) is 0.841. The van der Waals surface area contributed by atoms with Crippen molar-refractivity contribution >= 4 is 17.8 Å². The lowest BCUT2D eigenvalue weighted by molar-refractivity contribution is 0.0647. The highest BCUT2D eigenvalue weighted by Crippen LogP contribution is 2.25. The number of benzene rings is 2. The predicted octanol–water partition coefficient (Wildman–Crippen LogP) is 3.23. The molecule has 6 nitrogen and oxygen atoms in total. The molecule has 0 aliphatic carbocycles. The minimum Gasteiger partial charge on any atom is -0.423 e. The molecule has 1 heterocycles. The fraction of sp³-hybridized carbons (Fsp3) is 0.318. The van der Waals surface area contributed by atoms with Crippen LogP contribution in [0.2, 0.25) is 0 Å². The van der Waals surface area contributed by atoms with Crippen LogP contribution in [0.5, 0.6) is 5.75 Å². The Balaban J connectivity index is 1.70. The van der Waals surface area contributed by atoms with Gasteiger partial charge in [-0.25, -0.2) is 4.79 Å². The molecule has 0 saturated heterocycles. The van der Waals surface area contributed by atoms with Crippen molar-refractivity contribution in [2.24, 2.45) is 0 Å². The number of para-hydroxylation sites is 1. The molecule has 2 aromatic carbocycles. The van der Waals surface area contributed by atoms with E-state index in [0.29, 0.717) is 17.9 Å². The number of carbonyl (C=O) groups is 3. The molecule has 2 amide bonds. The summed E-state index contributed by atoms with van der Waals surface area (Å²) in [6, 6.07) is 13.2. The van der Waals surface area contributed by atoms with E-state index in [9.17, 15) is 14.4 Å². The second kappa shape index (κ2) is 8.80. The number of hydrogen-bond acceptors (Lipinski definition) is 5. The fourth-order valence-electron chi connectivity index (χ4n) is 3.27. The summed E-state index contributed by atoms with van der Waals surface area (Å²) in [6.07, 6.45) is 0.718. The Morgan fingerprint density at radius 2 is 1.64 bits per heavy atom. The van der Waals surface area contributed by atoms with Gasteiger partial charge in [0, 0.05) is 6.54 Å². The maximum Gasteiger partial charge on any atom is 0.343 e. The molecule has 0 aromatic heterocycles. The van der Waals surface area contributed by atoms with Crippen molar-refractivity contribution in [3.63, 3.8) is 0 Å². The first-order chi connectivity index (χ1) is 13.5. The van der Waals surface area contributed by atoms with E-state index in [1.54, 1.807) is 24.3 Å². The average molecular weight is 380 g/mol. The topological polar surface area (TPSA) is 66.9 Å². The minimum absolute atomic E-state index is 0.244. The number of amides is 2. The van der Waals surface area contributed by atoms with E-state index in [-0.39, 0.29) is 22.9 Å². The average Bonchev–Trinajstić information content (AvgIpc) is 2.96. The molecule has 1 aliphatic rings. The summed E-state index contributed by atoms with van der Waals surface area (Å²) in [5, 5.41) is 0. The van der Waals surface area contributed by atoms with E-state index < -0.39 is 5.97 Å². The number of esters is 1. The van der Waals surface area contributed by atoms with Crippen molar-refractivity contribution in [1.29, 1.82) is 0 Å². The number of hydrogen-bond donors (Lipinski definition) is 0. The quantitative estimate of drug-likeness (QED) is 0.400. The molecule has 6 heteroatoms. The first-order valence-corrected chi connectivity index (χ1v) is 9.55. The number of imide groups is 1. The molecule has 146 valence electrons. The maximum atomic E-state index is 12.7. The third-order valence-electron chi connectivity index (χ3n) is 4.91. The first-order valence-electron chi connectivity index (χ1n) is 9.55. The predicted molar refractivity (Wildman–Crippen MR) is 106 cm³/mol. The molecular formula is C22H24N2O4. The molecule has 2 aromatic rings. The van der Waals surface area contributed by atoms with Crippen molar-refractivity contribution in [3.8, 4) is 5.75 Å². The Hall–Kier alpha value is -2.99. The highest BCUT2D eigenvalue weighted by Gasteiger charge is 2.35. The van der Waals surface area contributed by atoms with Gasteiger partial charge >= 0.3 is 5.97 Å². The highest BCUT2D eigenvalue weighted by atomic mass is 16.5. The van der Waals surface area contributed by atoms with E-state index in [2.05, 4.69) is 18.7 Å². The van der Waals surface area contributed by atoms with Crippen LogP contribution in [0.4, 0.5) is 0 Å². The zero-order valence-corrected chi connectivity index (χ0v) is 16.2. The standard InChI is InChI=1S/C22H24N2O4/c1-3-23(4-2)13-8-14-24-20(25)18-12-11-16(15-19(18)21(24)26)22(27)28-17-9-6-5-7-10-17/h5-7,9-12,15H,3-4,8,13-14H2,1-2H3. The summed E-state index contributed by atoms with van der Waals surface area (Å²) < 4.78 is 5.31. The van der Waals surface area contributed by atoms with Crippen molar-refractivity contribution in [2.75, 3.05) is 26.2 Å². The van der Waals surface area contributed by atoms with Gasteiger partial charge in [-0.1, -0.05) is 32.0 Å². The van der Waals surface area contributed by atoms with Crippen LogP contribution in [0.15, 0.2) is 48.5 Å². The summed E-state index contributed by atoms with van der Waals surface area (Å²) in [7, 11) is 0. The Kier molecular flexibility index (Phi) is 6.21. The maximum absolute atomic E-state index is 12.7. The third kappa shape index (κ3) is 4.12. The van der Waals surface area contributed by atoms with Crippen LogP contribution in [0, 0.1) is 0 Å². The van der Waals surface area contributed by atoms with Gasteiger partial charge in [-0.05, 0) is 56.4 Å². The van der Waals surface area contributed by atoms with Gasteiger partial charge in [-0.3, -0.25) is 14.5 Å². The monoisotopic (exact) mass is 380 g/mol. The first kappa shape index (κ1) is 19.8. The normalized spacial score (nSPS) is 13.2. The SMILES string of the molecule is CCN(CC)CCCN1C(=O)c2ccc(C(=O)Oc3ccccc3)cc2C1=O. The lowest BCUT2D eigenvalue weighted by atomic mass is 10.1. The van der Waals surface area contributed by atoms with E-state index in [1.165, 1.54) is 23.1 Å². The summed E-state index contributed by atoms with van der Waals surface area (Å²) in [6.45, 7) is 7.24. The molecule has 0 radical (unpaired) electrons. The Labute approximate surface area is 164 Å². The summed E-state index contributed by atoms with van der Waals surface area (Å²) in [4.78, 5) is 41.1. The van der Waals surface area contributed by atoms with Gasteiger partial charge < -0.3 is 9.64 Å². The van der Waals surface area contributed by atoms with E-state index >= 15 is 0 Å². The van der Waals surface area contributed by atoms with Crippen molar-refractivity contribution < 1.29 is 19.1 Å². The summed E-state index contributed by atoms with van der Waals surface area (Å²) in [5.74, 6) is -0.793. The van der Waals surface area contributed by atoms with E-state index in [0.717, 1.165) is 26.1 Å². The molecule has 1 aliphatic heterocycles. The van der Waals surface area contributed by atoms with Gasteiger partial charge in [0.15, 0.2) is 0 Å². The van der Waals surface area contributed by atoms with Crippen LogP contribution in [-0.4, -0.2) is 53.8 Å². The number of fused-ring (bicyclic) bond motifs is 1. The molecule has 0 atom stereocenters. The van der Waals surface area contributed by atoms with Crippen LogP contribution in [0.1, 0.15) is 51.3 Å². The van der Waals surface area contributed by atoms with Gasteiger partial charge in [-0.2, -0.15) is 0 Å². The van der Waals surface area contributed by atoms with Crippen LogP contribution >= 0.6 is 0 Å². The lowest BCUT2D eigenvalue weighted by Crippen LogP contribution is -2.33. The Morgan fingerprint density at radius 1 is 0.964 bits per heavy atom. The van der Waals surface area contributed by atoms with Gasteiger partial charge in [0.1, 0.15) is 5.75 Å². The second-order valence-electron chi connectivity index (χ2n) is 6.61. The Bertz CT molecular complexity index is 875. The Morgan fingerprint density at radius 3 is 2.32 bits per heavy atom. The van der Waals surface area contributed by atoms with Crippen LogP contribution in [0.25, 0.3) is 0 Å². The minimum atomic E-state index is -0.561. The molecular weight excluding hydrogens is 356 g/mol. The zero-order chi connectivity index (χ0) is 20.1. The molecule has 0 N–H and O–H groups in total. The van der Waals surface area contributed by atoms with Crippen LogP contribution < -0.4 is 4.74 Å². The van der Waals surface area contributed by atoms with Crippen LogP contribution in [-0.2, 0) is 0 Å². The number of nitrogens with zero attached hydrogens (tertiary/aromatic N) is 2. The third-order valence-corrected chi connectivity index (χ3v) is 4.91. The molecule has 0 unspecified atom stereocenters. The molecule has 0 bridgehead atoms. The smallest absolute Gasteiger partial charge is 0.343 e. The van der Waals surface area contributed by atoms with Gasteiger partial charge in [0.25, 0.3) is 11.8 Å². The largest absolute Gasteiger partial charge is 0.423 e. The molecule has 0 spiro atoms. The number of carbonyl (C=O) groups excluding carboxylic acids is 3. The molecule has 0 saturated carbocycles. The zero-order valence-electron chi connectivity index (χ0n) is 16.2. The fourth-order valence-corrected chi connectivity index (χ4v) is 3.27. The number of ether oxygens (including phenoxy) is 1. The highest BCUT2D eigenvalue weighted by molar-refractivity contribution is 6.22. The van der Waals surface area contributed by atoms with Crippen molar-refractivity contribution in [3.05, 3.63) is 65.2 Å². The molecule has 28 heavy (non-hydrogen) atoms. The van der Waals surface area contributed by atoms with Gasteiger partial charge in [0.05, 0.1) is 16.7 Å².